The number of unbranched alkanes of at least 4 members (excludes halogenated alkanes) is 60. The van der Waals surface area contributed by atoms with Crippen LogP contribution in [0.2, 0.25) is 0 Å². The average molecular weight is 2040 g/mol. The molecule has 0 aromatic carbocycles. The second kappa shape index (κ2) is 125. The number of rotatable bonds is 84. The molecule has 0 N–H and O–H groups in total. The first-order chi connectivity index (χ1) is 59.3. The smallest absolute Gasteiger partial charge is 0.411 e. The van der Waals surface area contributed by atoms with Crippen LogP contribution in [-0.2, 0) is 109 Å². The van der Waals surface area contributed by atoms with Gasteiger partial charge >= 0.3 is 21.1 Å². The summed E-state index contributed by atoms with van der Waals surface area (Å²) < 4.78 is 11.9. The van der Waals surface area contributed by atoms with E-state index < -0.39 is 0 Å². The number of hydrogen-bond acceptors (Lipinski definition) is 14. The van der Waals surface area contributed by atoms with Crippen molar-refractivity contribution in [2.75, 3.05) is 78.5 Å². The van der Waals surface area contributed by atoms with Crippen LogP contribution in [0.3, 0.4) is 0 Å². The fourth-order valence-corrected chi connectivity index (χ4v) is 17.0. The largest absolute Gasteiger partial charge is 6.00 e. The minimum atomic E-state index is 0. The van der Waals surface area contributed by atoms with Gasteiger partial charge in [0, 0.05) is 78.5 Å². The van der Waals surface area contributed by atoms with Crippen LogP contribution < -0.4 is 0 Å². The van der Waals surface area contributed by atoms with Crippen LogP contribution in [0, 0.1) is 0 Å². The van der Waals surface area contributed by atoms with Crippen LogP contribution in [0.25, 0.3) is 0 Å². The van der Waals surface area contributed by atoms with Gasteiger partial charge in [-0.15, -0.1) is 0 Å². The van der Waals surface area contributed by atoms with Crippen molar-refractivity contribution < 1.29 is 25.3 Å². The molecule has 0 aromatic rings. The molecule has 0 spiro atoms. The first kappa shape index (κ1) is 140. The zero-order valence-electron chi connectivity index (χ0n) is 83.2. The third-order valence-electron chi connectivity index (χ3n) is 22.9. The van der Waals surface area contributed by atoms with E-state index in [2.05, 4.69) is 125 Å². The van der Waals surface area contributed by atoms with Crippen molar-refractivity contribution in [2.45, 2.75) is 545 Å². The molecule has 0 rings (SSSR count). The van der Waals surface area contributed by atoms with E-state index >= 15 is 0 Å². The molecular formula is C102H204MoN6OS13. The SMILES string of the molecule is CCCCCCCCN(CCCCCCCC)C(=S)[S-].CCCCCCCCN(CCCCCCCC)C(=S)[S-].CCCCCCCCN(CCCCCCCC)C(=S)[S-].CCCCCCCCN(CCCCCCCC)C(=S)[S-].CCCCCCCCN(CCCCCCCC)C(=S)[S-].CCCCCCCCN(CCCCCCCC)C(=S)[S-].O=S.[Mo+6]. The second-order valence-electron chi connectivity index (χ2n) is 34.7. The Bertz CT molecular complexity index is 1610. The van der Waals surface area contributed by atoms with Crippen molar-refractivity contribution in [2.24, 2.45) is 0 Å². The van der Waals surface area contributed by atoms with Gasteiger partial charge in [-0.05, 0) is 77.0 Å². The fraction of sp³-hybridized carbons (Fsp3) is 0.941. The fourth-order valence-electron chi connectivity index (χ4n) is 14.8. The third kappa shape index (κ3) is 123. The summed E-state index contributed by atoms with van der Waals surface area (Å²) in [6.07, 6.45) is 96.1. The Kier molecular flexibility index (Phi) is 143. The molecule has 123 heavy (non-hydrogen) atoms. The van der Waals surface area contributed by atoms with E-state index in [1.54, 1.807) is 0 Å². The van der Waals surface area contributed by atoms with Crippen LogP contribution in [-0.4, -0.2) is 138 Å². The summed E-state index contributed by atoms with van der Waals surface area (Å²) in [4.78, 5) is 13.4. The molecule has 0 aromatic heterocycles. The Hall–Kier alpha value is 1.37. The summed E-state index contributed by atoms with van der Waals surface area (Å²) in [6.45, 7) is 40.0. The third-order valence-corrected chi connectivity index (χ3v) is 26.0. The number of hydrogen-bond donors (Lipinski definition) is 0. The van der Waals surface area contributed by atoms with Crippen molar-refractivity contribution in [1.82, 2.24) is 29.4 Å². The molecule has 0 amide bonds. The van der Waals surface area contributed by atoms with E-state index in [9.17, 15) is 0 Å². The Balaban J connectivity index is -0.000000214. The van der Waals surface area contributed by atoms with Crippen molar-refractivity contribution in [3.8, 4) is 0 Å². The summed E-state index contributed by atoms with van der Waals surface area (Å²) in [7, 11) is 0. The topological polar surface area (TPSA) is 36.5 Å². The maximum absolute atomic E-state index is 7.83. The first-order valence-electron chi connectivity index (χ1n) is 52.2. The molecule has 732 valence electrons. The molecule has 0 saturated carbocycles. The van der Waals surface area contributed by atoms with Gasteiger partial charge in [0.2, 0.25) is 0 Å². The Morgan fingerprint density at radius 2 is 0.195 bits per heavy atom. The molecule has 0 fully saturated rings. The zero-order valence-corrected chi connectivity index (χ0v) is 95.8. The minimum Gasteiger partial charge on any atom is -0.411 e. The van der Waals surface area contributed by atoms with Crippen LogP contribution in [0.1, 0.15) is 545 Å². The van der Waals surface area contributed by atoms with E-state index in [4.69, 9.17) is 153 Å². The summed E-state index contributed by atoms with van der Waals surface area (Å²) in [5.41, 5.74) is 0. The molecule has 0 bridgehead atoms. The molecule has 7 nitrogen and oxygen atoms in total. The van der Waals surface area contributed by atoms with Crippen LogP contribution in [0.15, 0.2) is 0 Å². The van der Waals surface area contributed by atoms with Gasteiger partial charge in [0.15, 0.2) is 12.5 Å². The molecule has 0 aliphatic rings. The van der Waals surface area contributed by atoms with Crippen molar-refractivity contribution >= 4 is 188 Å². The predicted molar refractivity (Wildman–Crippen MR) is 598 cm³/mol. The number of thiocarbonyl (C=S) groups is 6. The maximum atomic E-state index is 7.83. The van der Waals surface area contributed by atoms with Gasteiger partial charge in [-0.25, -0.2) is 0 Å². The second-order valence-corrected chi connectivity index (χ2v) is 40.9. The molecule has 0 atom stereocenters. The summed E-state index contributed by atoms with van der Waals surface area (Å²) in [5, 5.41) is 0. The molecule has 0 aliphatic heterocycles. The number of nitrogens with zero attached hydrogens (tertiary/aromatic N) is 6. The van der Waals surface area contributed by atoms with Gasteiger partial charge in [-0.1, -0.05) is 494 Å². The first-order valence-corrected chi connectivity index (χ1v) is 57.5. The van der Waals surface area contributed by atoms with Gasteiger partial charge in [0.05, 0.1) is 0 Å². The molecule has 0 aliphatic carbocycles. The van der Waals surface area contributed by atoms with Crippen molar-refractivity contribution in [3.63, 3.8) is 0 Å². The van der Waals surface area contributed by atoms with Gasteiger partial charge in [-0.3, -0.25) is 0 Å². The molecule has 0 heterocycles. The molecule has 0 unspecified atom stereocenters. The van der Waals surface area contributed by atoms with Gasteiger partial charge < -0.3 is 178 Å². The summed E-state index contributed by atoms with van der Waals surface area (Å²) in [5.74, 6) is 0. The van der Waals surface area contributed by atoms with Gasteiger partial charge in [0.25, 0.3) is 0 Å². The Morgan fingerprint density at radius 1 is 0.138 bits per heavy atom. The van der Waals surface area contributed by atoms with Crippen molar-refractivity contribution in [1.29, 1.82) is 0 Å². The molecular weight excluding hydrogens is 1840 g/mol. The van der Waals surface area contributed by atoms with E-state index in [1.807, 2.05) is 0 Å². The normalized spacial score (nSPS) is 10.5. The molecule has 21 heteroatoms. The molecule has 0 radical (unpaired) electrons. The summed E-state index contributed by atoms with van der Waals surface area (Å²) in [6, 6.07) is 0. The summed E-state index contributed by atoms with van der Waals surface area (Å²) >= 11 is 65.2. The van der Waals surface area contributed by atoms with E-state index in [-0.39, 0.29) is 21.1 Å². The predicted octanol–water partition coefficient (Wildman–Crippen LogP) is 34.7. The Labute approximate surface area is 857 Å². The zero-order chi connectivity index (χ0) is 92.3. The minimum absolute atomic E-state index is 0. The average Bonchev–Trinajstić information content (AvgIpc) is 1.00. The van der Waals surface area contributed by atoms with Crippen LogP contribution in [0.5, 0.6) is 0 Å². The van der Waals surface area contributed by atoms with E-state index in [0.29, 0.717) is 25.9 Å². The van der Waals surface area contributed by atoms with Crippen LogP contribution >= 0.6 is 73.3 Å². The molecule has 0 saturated heterocycles. The van der Waals surface area contributed by atoms with Gasteiger partial charge in [-0.2, -0.15) is 4.21 Å². The maximum Gasteiger partial charge on any atom is 6.00 e. The monoisotopic (exact) mass is 2040 g/mol. The van der Waals surface area contributed by atoms with Gasteiger partial charge in [0.1, 0.15) is 0 Å². The Morgan fingerprint density at radius 3 is 0.252 bits per heavy atom. The van der Waals surface area contributed by atoms with E-state index in [1.165, 1.54) is 462 Å². The standard InChI is InChI=1S/6C17H35NS2.Mo.OS/c6*1-3-5-7-9-11-13-15-18(17(19)20)16-14-12-10-8-6-4-2;;1-2/h6*3-16H2,1-2H3,(H,19,20);;/q;;;;;;+6;/p-6. The van der Waals surface area contributed by atoms with Crippen LogP contribution in [0.4, 0.5) is 0 Å². The van der Waals surface area contributed by atoms with Crippen molar-refractivity contribution in [3.05, 3.63) is 0 Å². The quantitative estimate of drug-likeness (QED) is 0.0251. The van der Waals surface area contributed by atoms with E-state index in [0.717, 1.165) is 78.5 Å².